The van der Waals surface area contributed by atoms with Crippen LogP contribution in [0.1, 0.15) is 42.2 Å². The molecule has 0 aliphatic rings. The number of esters is 2. The van der Waals surface area contributed by atoms with Crippen molar-refractivity contribution in [2.24, 2.45) is 5.73 Å². The summed E-state index contributed by atoms with van der Waals surface area (Å²) in [4.78, 5) is 38.1. The summed E-state index contributed by atoms with van der Waals surface area (Å²) in [5, 5.41) is 7.67. The maximum Gasteiger partial charge on any atom is 0.343 e. The van der Waals surface area contributed by atoms with Crippen LogP contribution < -0.4 is 15.2 Å². The van der Waals surface area contributed by atoms with Gasteiger partial charge in [-0.2, -0.15) is 8.42 Å². The molecule has 0 saturated heterocycles. The van der Waals surface area contributed by atoms with Crippen LogP contribution in [-0.4, -0.2) is 42.8 Å². The molecule has 0 amide bonds. The minimum Gasteiger partial charge on any atom is -0.423 e. The van der Waals surface area contributed by atoms with Gasteiger partial charge in [0, 0.05) is 11.1 Å². The van der Waals surface area contributed by atoms with Gasteiger partial charge in [-0.25, -0.2) is 9.59 Å². The molecule has 11 heteroatoms. The topological polar surface area (TPSA) is 174 Å². The molecule has 0 fully saturated rings. The van der Waals surface area contributed by atoms with Crippen molar-refractivity contribution in [2.75, 3.05) is 6.26 Å². The second-order valence-corrected chi connectivity index (χ2v) is 9.69. The van der Waals surface area contributed by atoms with Crippen molar-refractivity contribution in [3.8, 4) is 11.5 Å². The van der Waals surface area contributed by atoms with E-state index in [1.807, 2.05) is 0 Å². The first-order valence-corrected chi connectivity index (χ1v) is 13.4. The molecule has 0 aromatic heterocycles. The van der Waals surface area contributed by atoms with Gasteiger partial charge in [-0.15, -0.1) is 0 Å². The van der Waals surface area contributed by atoms with E-state index < -0.39 is 22.1 Å². The Morgan fingerprint density at radius 1 is 0.700 bits per heavy atom. The van der Waals surface area contributed by atoms with Crippen molar-refractivity contribution in [2.45, 2.75) is 0 Å². The van der Waals surface area contributed by atoms with Crippen LogP contribution in [-0.2, 0) is 10.1 Å². The lowest BCUT2D eigenvalue weighted by atomic mass is 10.00. The number of carbonyl (C=O) groups excluding carboxylic acids is 3. The predicted octanol–water partition coefficient (Wildman–Crippen LogP) is 4.14. The van der Waals surface area contributed by atoms with Crippen LogP contribution in [0, 0.1) is 5.41 Å². The van der Waals surface area contributed by atoms with Crippen LogP contribution in [0.3, 0.4) is 0 Å². The zero-order valence-corrected chi connectivity index (χ0v) is 21.9. The summed E-state index contributed by atoms with van der Waals surface area (Å²) in [5.74, 6) is -1.51. The van der Waals surface area contributed by atoms with Crippen LogP contribution in [0.2, 0.25) is 0 Å². The molecule has 0 aliphatic carbocycles. The fourth-order valence-electron chi connectivity index (χ4n) is 3.27. The van der Waals surface area contributed by atoms with Gasteiger partial charge in [0.2, 0.25) is 0 Å². The van der Waals surface area contributed by atoms with Crippen LogP contribution in [0.5, 0.6) is 11.5 Å². The minimum absolute atomic E-state index is 0.0356. The first-order valence-electron chi connectivity index (χ1n) is 11.5. The van der Waals surface area contributed by atoms with Crippen LogP contribution >= 0.6 is 0 Å². The van der Waals surface area contributed by atoms with Crippen LogP contribution in [0.15, 0.2) is 103 Å². The third-order valence-corrected chi connectivity index (χ3v) is 5.08. The summed E-state index contributed by atoms with van der Waals surface area (Å²) < 4.78 is 36.7. The molecular weight excluding hydrogens is 536 g/mol. The molecule has 40 heavy (non-hydrogen) atoms. The van der Waals surface area contributed by atoms with Crippen LogP contribution in [0.4, 0.5) is 0 Å². The quantitative estimate of drug-likeness (QED) is 0.0749. The number of hydrogen-bond donors (Lipinski definition) is 3. The number of ketones is 1. The average Bonchev–Trinajstić information content (AvgIpc) is 2.93. The molecule has 0 unspecified atom stereocenters. The molecule has 0 atom stereocenters. The zero-order chi connectivity index (χ0) is 29.3. The van der Waals surface area contributed by atoms with Crippen LogP contribution in [0.25, 0.3) is 0 Å². The number of nitrogens with two attached hydrogens (primary N) is 1. The van der Waals surface area contributed by atoms with Crippen molar-refractivity contribution in [1.82, 2.24) is 0 Å². The van der Waals surface area contributed by atoms with Crippen molar-refractivity contribution in [1.29, 1.82) is 5.41 Å². The van der Waals surface area contributed by atoms with E-state index >= 15 is 0 Å². The monoisotopic (exact) mass is 560 g/mol. The number of rotatable bonds is 7. The molecule has 4 N–H and O–H groups in total. The molecule has 4 aromatic carbocycles. The van der Waals surface area contributed by atoms with Gasteiger partial charge in [0.25, 0.3) is 10.1 Å². The Bertz CT molecular complexity index is 1630. The van der Waals surface area contributed by atoms with Gasteiger partial charge >= 0.3 is 11.9 Å². The van der Waals surface area contributed by atoms with Gasteiger partial charge in [0.1, 0.15) is 17.3 Å². The Morgan fingerprint density at radius 3 is 1.68 bits per heavy atom. The lowest BCUT2D eigenvalue weighted by Crippen LogP contribution is -2.15. The average molecular weight is 561 g/mol. The number of hydrogen-bond acceptors (Lipinski definition) is 8. The Kier molecular flexibility index (Phi) is 9.63. The number of nitrogen functional groups attached to an aromatic ring is 1. The molecule has 4 aromatic rings. The lowest BCUT2D eigenvalue weighted by molar-refractivity contribution is 0.0728. The second-order valence-electron chi connectivity index (χ2n) is 8.22. The summed E-state index contributed by atoms with van der Waals surface area (Å²) in [6.07, 6.45) is 0.715. The van der Waals surface area contributed by atoms with Gasteiger partial charge in [-0.3, -0.25) is 14.8 Å². The first-order chi connectivity index (χ1) is 18.9. The molecule has 4 rings (SSSR count). The van der Waals surface area contributed by atoms with Gasteiger partial charge in [0.05, 0.1) is 22.9 Å². The van der Waals surface area contributed by atoms with Gasteiger partial charge in [-0.1, -0.05) is 48.5 Å². The summed E-state index contributed by atoms with van der Waals surface area (Å²) in [6.45, 7) is 0. The van der Waals surface area contributed by atoms with Crippen molar-refractivity contribution in [3.05, 3.63) is 131 Å². The van der Waals surface area contributed by atoms with Crippen molar-refractivity contribution < 1.29 is 36.8 Å². The fourth-order valence-corrected chi connectivity index (χ4v) is 3.27. The van der Waals surface area contributed by atoms with E-state index in [2.05, 4.69) is 0 Å². The summed E-state index contributed by atoms with van der Waals surface area (Å²) in [5.41, 5.74) is 7.00. The highest BCUT2D eigenvalue weighted by molar-refractivity contribution is 7.85. The minimum atomic E-state index is -3.67. The molecule has 10 nitrogen and oxygen atoms in total. The lowest BCUT2D eigenvalue weighted by Gasteiger charge is -2.12. The summed E-state index contributed by atoms with van der Waals surface area (Å²) >= 11 is 0. The highest BCUT2D eigenvalue weighted by atomic mass is 32.2. The van der Waals surface area contributed by atoms with Gasteiger partial charge in [-0.05, 0) is 54.6 Å². The maximum atomic E-state index is 13.1. The normalized spacial score (nSPS) is 10.4. The summed E-state index contributed by atoms with van der Waals surface area (Å²) in [7, 11) is -3.67. The third-order valence-electron chi connectivity index (χ3n) is 5.08. The highest BCUT2D eigenvalue weighted by Gasteiger charge is 2.19. The SMILES string of the molecule is CS(=O)(=O)O.N=C(N)c1ccc(OC(=O)c2ccc(OC(=O)c3ccccc3)cc2)c(C(=O)c2ccccc2)c1. The zero-order valence-electron chi connectivity index (χ0n) is 21.1. The van der Waals surface area contributed by atoms with E-state index in [9.17, 15) is 22.8 Å². The summed E-state index contributed by atoms with van der Waals surface area (Å²) in [6, 6.07) is 27.3. The number of ether oxygens (including phenoxy) is 2. The maximum absolute atomic E-state index is 13.1. The molecule has 204 valence electrons. The van der Waals surface area contributed by atoms with Crippen molar-refractivity contribution in [3.63, 3.8) is 0 Å². The molecule has 0 bridgehead atoms. The van der Waals surface area contributed by atoms with E-state index in [1.165, 1.54) is 42.5 Å². The molecule has 0 saturated carbocycles. The van der Waals surface area contributed by atoms with E-state index in [1.54, 1.807) is 60.7 Å². The number of carbonyl (C=O) groups is 3. The Hall–Kier alpha value is -5.13. The molecule has 0 spiro atoms. The standard InChI is InChI=1S/C28H20N2O5.CH4O3S/c29-26(30)21-13-16-24(23(17-21)25(31)18-7-3-1-4-8-18)35-28(33)20-11-14-22(15-12-20)34-27(32)19-9-5-2-6-10-19;1-5(2,3)4/h1-17H,(H3,29,30);1H3,(H,2,3,4). The Balaban J connectivity index is 0.000000810. The number of nitrogens with one attached hydrogen (secondary N) is 1. The number of benzene rings is 4. The largest absolute Gasteiger partial charge is 0.423 e. The fraction of sp³-hybridized carbons (Fsp3) is 0.0345. The first kappa shape index (κ1) is 29.4. The van der Waals surface area contributed by atoms with Gasteiger partial charge in [0.15, 0.2) is 5.78 Å². The molecule has 0 heterocycles. The predicted molar refractivity (Wildman–Crippen MR) is 148 cm³/mol. The highest BCUT2D eigenvalue weighted by Crippen LogP contribution is 2.25. The second kappa shape index (κ2) is 13.1. The van der Waals surface area contributed by atoms with Crippen molar-refractivity contribution >= 4 is 33.7 Å². The van der Waals surface area contributed by atoms with E-state index in [0.717, 1.165) is 0 Å². The van der Waals surface area contributed by atoms with Gasteiger partial charge < -0.3 is 15.2 Å². The molecular formula is C29H24N2O8S. The van der Waals surface area contributed by atoms with E-state index in [0.29, 0.717) is 22.9 Å². The Morgan fingerprint density at radius 2 is 1.15 bits per heavy atom. The van der Waals surface area contributed by atoms with E-state index in [4.69, 9.17) is 25.2 Å². The molecule has 0 aliphatic heterocycles. The smallest absolute Gasteiger partial charge is 0.343 e. The Labute approximate surface area is 230 Å². The third kappa shape index (κ3) is 8.72. The number of amidine groups is 1. The molecule has 0 radical (unpaired) electrons. The van der Waals surface area contributed by atoms with E-state index in [-0.39, 0.29) is 34.2 Å².